The van der Waals surface area contributed by atoms with Gasteiger partial charge in [0.2, 0.25) is 5.95 Å². The van der Waals surface area contributed by atoms with Gasteiger partial charge in [-0.15, -0.1) is 0 Å². The van der Waals surface area contributed by atoms with Crippen molar-refractivity contribution in [1.29, 1.82) is 0 Å². The number of hydrogen-bond acceptors (Lipinski definition) is 6. The highest BCUT2D eigenvalue weighted by atomic mass is 19.1. The molecule has 0 saturated heterocycles. The Morgan fingerprint density at radius 1 is 1.38 bits per heavy atom. The molecule has 7 nitrogen and oxygen atoms in total. The third kappa shape index (κ3) is 3.35. The minimum Gasteiger partial charge on any atom is -0.484 e. The van der Waals surface area contributed by atoms with Crippen LogP contribution in [-0.2, 0) is 4.79 Å². The molecule has 21 heavy (non-hydrogen) atoms. The SMILES string of the molecule is CNC(=O)COc1cccc(-c2nc(N)nc(N)c2F)c1. The van der Waals surface area contributed by atoms with Crippen LogP contribution in [0.2, 0.25) is 0 Å². The summed E-state index contributed by atoms with van der Waals surface area (Å²) in [6, 6.07) is 6.44. The van der Waals surface area contributed by atoms with Gasteiger partial charge in [-0.25, -0.2) is 9.37 Å². The van der Waals surface area contributed by atoms with Gasteiger partial charge in [-0.05, 0) is 12.1 Å². The van der Waals surface area contributed by atoms with E-state index >= 15 is 0 Å². The Morgan fingerprint density at radius 2 is 2.14 bits per heavy atom. The molecular weight excluding hydrogens is 277 g/mol. The Kier molecular flexibility index (Phi) is 4.17. The van der Waals surface area contributed by atoms with Crippen LogP contribution in [0.25, 0.3) is 11.3 Å². The maximum atomic E-state index is 14.0. The van der Waals surface area contributed by atoms with E-state index < -0.39 is 5.82 Å². The monoisotopic (exact) mass is 291 g/mol. The topological polar surface area (TPSA) is 116 Å². The molecule has 0 fully saturated rings. The van der Waals surface area contributed by atoms with Crippen molar-refractivity contribution in [3.8, 4) is 17.0 Å². The molecule has 8 heteroatoms. The third-order valence-electron chi connectivity index (χ3n) is 2.65. The smallest absolute Gasteiger partial charge is 0.257 e. The Hall–Kier alpha value is -2.90. The first kappa shape index (κ1) is 14.5. The highest BCUT2D eigenvalue weighted by molar-refractivity contribution is 5.77. The first-order valence-electron chi connectivity index (χ1n) is 6.03. The van der Waals surface area contributed by atoms with Crippen LogP contribution >= 0.6 is 0 Å². The largest absolute Gasteiger partial charge is 0.484 e. The Labute approximate surface area is 120 Å². The van der Waals surface area contributed by atoms with Gasteiger partial charge in [-0.2, -0.15) is 4.98 Å². The fraction of sp³-hybridized carbons (Fsp3) is 0.154. The number of aromatic nitrogens is 2. The molecule has 1 aromatic heterocycles. The van der Waals surface area contributed by atoms with E-state index in [1.165, 1.54) is 13.1 Å². The quantitative estimate of drug-likeness (QED) is 0.758. The molecule has 0 saturated carbocycles. The number of nitrogens with one attached hydrogen (secondary N) is 1. The number of amides is 1. The molecule has 0 spiro atoms. The van der Waals surface area contributed by atoms with Crippen LogP contribution in [-0.4, -0.2) is 29.5 Å². The number of hydrogen-bond donors (Lipinski definition) is 3. The molecule has 2 aromatic rings. The van der Waals surface area contributed by atoms with Crippen LogP contribution in [0.4, 0.5) is 16.2 Å². The van der Waals surface area contributed by atoms with Crippen LogP contribution in [0.5, 0.6) is 5.75 Å². The lowest BCUT2D eigenvalue weighted by atomic mass is 10.1. The van der Waals surface area contributed by atoms with Gasteiger partial charge in [0.25, 0.3) is 5.91 Å². The van der Waals surface area contributed by atoms with E-state index in [2.05, 4.69) is 15.3 Å². The van der Waals surface area contributed by atoms with Gasteiger partial charge in [-0.3, -0.25) is 4.79 Å². The fourth-order valence-corrected chi connectivity index (χ4v) is 1.63. The van der Waals surface area contributed by atoms with Crippen molar-refractivity contribution in [1.82, 2.24) is 15.3 Å². The number of halogens is 1. The molecular formula is C13H14FN5O2. The van der Waals surface area contributed by atoms with Gasteiger partial charge in [-0.1, -0.05) is 12.1 Å². The molecule has 0 bridgehead atoms. The molecule has 0 aliphatic carbocycles. The van der Waals surface area contributed by atoms with E-state index in [-0.39, 0.29) is 30.0 Å². The number of anilines is 2. The summed E-state index contributed by atoms with van der Waals surface area (Å²) in [5, 5.41) is 2.43. The van der Waals surface area contributed by atoms with Gasteiger partial charge in [0.05, 0.1) is 0 Å². The number of likely N-dealkylation sites (N-methyl/N-ethyl adjacent to an activating group) is 1. The molecule has 2 rings (SSSR count). The van der Waals surface area contributed by atoms with Gasteiger partial charge < -0.3 is 21.5 Å². The molecule has 5 N–H and O–H groups in total. The Morgan fingerprint density at radius 3 is 2.86 bits per heavy atom. The van der Waals surface area contributed by atoms with E-state index in [0.29, 0.717) is 11.3 Å². The van der Waals surface area contributed by atoms with E-state index in [4.69, 9.17) is 16.2 Å². The lowest BCUT2D eigenvalue weighted by Crippen LogP contribution is -2.24. The number of benzene rings is 1. The molecule has 1 aromatic carbocycles. The first-order valence-corrected chi connectivity index (χ1v) is 6.03. The van der Waals surface area contributed by atoms with Gasteiger partial charge in [0.1, 0.15) is 11.4 Å². The summed E-state index contributed by atoms with van der Waals surface area (Å²) >= 11 is 0. The van der Waals surface area contributed by atoms with Crippen LogP contribution in [0.3, 0.4) is 0 Å². The number of nitrogens with zero attached hydrogens (tertiary/aromatic N) is 2. The van der Waals surface area contributed by atoms with E-state index in [0.717, 1.165) is 0 Å². The molecule has 110 valence electrons. The standard InChI is InChI=1S/C13H14FN5O2/c1-17-9(20)6-21-8-4-2-3-7(5-8)11-10(14)12(15)19-13(16)18-11/h2-5H,6H2,1H3,(H,17,20)(H4,15,16,18,19). The molecule has 0 unspecified atom stereocenters. The third-order valence-corrected chi connectivity index (χ3v) is 2.65. The van der Waals surface area contributed by atoms with Crippen molar-refractivity contribution in [2.75, 3.05) is 25.1 Å². The summed E-state index contributed by atoms with van der Waals surface area (Å²) in [5.41, 5.74) is 11.3. The van der Waals surface area contributed by atoms with Crippen molar-refractivity contribution in [2.24, 2.45) is 0 Å². The van der Waals surface area contributed by atoms with Crippen molar-refractivity contribution in [2.45, 2.75) is 0 Å². The maximum absolute atomic E-state index is 14.0. The zero-order chi connectivity index (χ0) is 15.4. The summed E-state index contributed by atoms with van der Waals surface area (Å²) < 4.78 is 19.2. The predicted octanol–water partition coefficient (Wildman–Crippen LogP) is 0.572. The summed E-state index contributed by atoms with van der Waals surface area (Å²) in [6.45, 7) is -0.142. The number of carbonyl (C=O) groups excluding carboxylic acids is 1. The molecule has 1 amide bonds. The lowest BCUT2D eigenvalue weighted by Gasteiger charge is -2.09. The molecule has 0 aliphatic rings. The average Bonchev–Trinajstić information content (AvgIpc) is 2.48. The molecule has 0 aliphatic heterocycles. The summed E-state index contributed by atoms with van der Waals surface area (Å²) in [5.74, 6) is -1.09. The average molecular weight is 291 g/mol. The number of nitrogens with two attached hydrogens (primary N) is 2. The summed E-state index contributed by atoms with van der Waals surface area (Å²) in [4.78, 5) is 18.5. The van der Waals surface area contributed by atoms with Crippen molar-refractivity contribution < 1.29 is 13.9 Å². The minimum absolute atomic E-state index is 0.0228. The van der Waals surface area contributed by atoms with E-state index in [1.54, 1.807) is 18.2 Å². The van der Waals surface area contributed by atoms with Crippen molar-refractivity contribution >= 4 is 17.7 Å². The van der Waals surface area contributed by atoms with Gasteiger partial charge in [0, 0.05) is 12.6 Å². The zero-order valence-corrected chi connectivity index (χ0v) is 11.3. The number of carbonyl (C=O) groups is 1. The maximum Gasteiger partial charge on any atom is 0.257 e. The summed E-state index contributed by atoms with van der Waals surface area (Å²) in [6.07, 6.45) is 0. The Bertz CT molecular complexity index is 678. The zero-order valence-electron chi connectivity index (χ0n) is 11.3. The van der Waals surface area contributed by atoms with Crippen LogP contribution in [0, 0.1) is 5.82 Å². The van der Waals surface area contributed by atoms with Crippen molar-refractivity contribution in [3.63, 3.8) is 0 Å². The second kappa shape index (κ2) is 6.04. The highest BCUT2D eigenvalue weighted by Gasteiger charge is 2.13. The van der Waals surface area contributed by atoms with Gasteiger partial charge >= 0.3 is 0 Å². The Balaban J connectivity index is 2.31. The molecule has 1 heterocycles. The fourth-order valence-electron chi connectivity index (χ4n) is 1.63. The number of rotatable bonds is 4. The lowest BCUT2D eigenvalue weighted by molar-refractivity contribution is -0.122. The second-order valence-corrected chi connectivity index (χ2v) is 4.12. The van der Waals surface area contributed by atoms with Crippen LogP contribution < -0.4 is 21.5 Å². The highest BCUT2D eigenvalue weighted by Crippen LogP contribution is 2.27. The van der Waals surface area contributed by atoms with Gasteiger partial charge in [0.15, 0.2) is 18.2 Å². The van der Waals surface area contributed by atoms with E-state index in [1.807, 2.05) is 0 Å². The number of ether oxygens (including phenoxy) is 1. The van der Waals surface area contributed by atoms with E-state index in [9.17, 15) is 9.18 Å². The van der Waals surface area contributed by atoms with Crippen LogP contribution in [0.15, 0.2) is 24.3 Å². The second-order valence-electron chi connectivity index (χ2n) is 4.12. The number of nitrogen functional groups attached to an aromatic ring is 2. The molecule has 0 radical (unpaired) electrons. The predicted molar refractivity (Wildman–Crippen MR) is 75.8 cm³/mol. The minimum atomic E-state index is -0.757. The molecule has 0 atom stereocenters. The normalized spacial score (nSPS) is 10.2. The first-order chi connectivity index (χ1) is 10.0. The summed E-state index contributed by atoms with van der Waals surface area (Å²) in [7, 11) is 1.50. The van der Waals surface area contributed by atoms with Crippen LogP contribution in [0.1, 0.15) is 0 Å². The van der Waals surface area contributed by atoms with Crippen molar-refractivity contribution in [3.05, 3.63) is 30.1 Å².